The summed E-state index contributed by atoms with van der Waals surface area (Å²) < 4.78 is 21.6. The Balaban J connectivity index is 2.29. The van der Waals surface area contributed by atoms with Gasteiger partial charge in [-0.25, -0.2) is 13.9 Å². The lowest BCUT2D eigenvalue weighted by molar-refractivity contribution is -0.0719. The minimum atomic E-state index is -2.54. The number of nitrogen functional groups attached to an aromatic ring is 2. The first-order valence-electron chi connectivity index (χ1n) is 6.62. The van der Waals surface area contributed by atoms with E-state index in [-0.39, 0.29) is 23.1 Å². The van der Waals surface area contributed by atoms with Crippen molar-refractivity contribution in [1.29, 1.82) is 5.26 Å². The van der Waals surface area contributed by atoms with E-state index in [1.807, 2.05) is 0 Å². The lowest BCUT2D eigenvalue weighted by Gasteiger charge is -2.30. The molecule has 2 aromatic heterocycles. The van der Waals surface area contributed by atoms with Crippen molar-refractivity contribution in [3.63, 3.8) is 0 Å². The van der Waals surface area contributed by atoms with E-state index in [0.717, 1.165) is 17.6 Å². The van der Waals surface area contributed by atoms with Crippen molar-refractivity contribution in [2.24, 2.45) is 0 Å². The highest BCUT2D eigenvalue weighted by Crippen LogP contribution is 2.49. The monoisotopic (exact) mass is 323 g/mol. The van der Waals surface area contributed by atoms with Gasteiger partial charge in [0.15, 0.2) is 17.1 Å². The molecule has 6 N–H and O–H groups in total. The summed E-state index contributed by atoms with van der Waals surface area (Å²) in [6.45, 7) is 0.337. The van der Waals surface area contributed by atoms with E-state index in [4.69, 9.17) is 16.2 Å². The highest BCUT2D eigenvalue weighted by atomic mass is 19.1. The van der Waals surface area contributed by atoms with E-state index in [2.05, 4.69) is 15.1 Å². The first kappa shape index (κ1) is 15.3. The standard InChI is InChI=1S/C12H14FN7O3/c1-11(13)7(22)5(3-21)23-12(11,4-14)6-2-17-9-8(15)18-10(16)19-20(6)9/h2,5,7,21-22H,3H2,1H3,(H4,15,16,18,19)/t5-,7-,11-,12+/m1/s1. The molecule has 0 aliphatic carbocycles. The van der Waals surface area contributed by atoms with Crippen LogP contribution >= 0.6 is 0 Å². The minimum Gasteiger partial charge on any atom is -0.394 e. The number of nitrogens with two attached hydrogens (primary N) is 2. The van der Waals surface area contributed by atoms with E-state index in [0.29, 0.717) is 0 Å². The summed E-state index contributed by atoms with van der Waals surface area (Å²) in [6.07, 6.45) is -1.87. The first-order valence-corrected chi connectivity index (χ1v) is 6.62. The number of aliphatic hydroxyl groups excluding tert-OH is 2. The minimum absolute atomic E-state index is 0.0603. The number of hydrogen-bond donors (Lipinski definition) is 4. The van der Waals surface area contributed by atoms with Gasteiger partial charge in [0.05, 0.1) is 12.8 Å². The van der Waals surface area contributed by atoms with Crippen molar-refractivity contribution in [2.45, 2.75) is 30.4 Å². The molecule has 0 aromatic carbocycles. The molecule has 4 atom stereocenters. The third kappa shape index (κ3) is 1.79. The fourth-order valence-corrected chi connectivity index (χ4v) is 2.76. The molecule has 10 nitrogen and oxygen atoms in total. The molecule has 0 amide bonds. The molecule has 3 heterocycles. The largest absolute Gasteiger partial charge is 0.394 e. The Morgan fingerprint density at radius 1 is 1.57 bits per heavy atom. The maximum Gasteiger partial charge on any atom is 0.240 e. The molecule has 1 aliphatic rings. The van der Waals surface area contributed by atoms with Crippen molar-refractivity contribution < 1.29 is 19.3 Å². The number of aromatic nitrogens is 4. The first-order chi connectivity index (χ1) is 10.8. The topological polar surface area (TPSA) is 169 Å². The second kappa shape index (κ2) is 4.72. The highest BCUT2D eigenvalue weighted by molar-refractivity contribution is 5.61. The molecule has 0 radical (unpaired) electrons. The molecule has 11 heteroatoms. The molecule has 1 fully saturated rings. The van der Waals surface area contributed by atoms with Gasteiger partial charge in [0.25, 0.3) is 0 Å². The zero-order chi connectivity index (χ0) is 17.0. The predicted molar refractivity (Wildman–Crippen MR) is 74.4 cm³/mol. The van der Waals surface area contributed by atoms with Gasteiger partial charge in [0.1, 0.15) is 24.0 Å². The normalized spacial score (nSPS) is 33.9. The summed E-state index contributed by atoms with van der Waals surface area (Å²) >= 11 is 0. The zero-order valence-corrected chi connectivity index (χ0v) is 12.0. The Bertz CT molecular complexity index is 817. The number of anilines is 2. The Labute approximate surface area is 129 Å². The molecule has 23 heavy (non-hydrogen) atoms. The molecule has 122 valence electrons. The Morgan fingerprint density at radius 2 is 2.26 bits per heavy atom. The van der Waals surface area contributed by atoms with Crippen LogP contribution in [0.25, 0.3) is 5.65 Å². The van der Waals surface area contributed by atoms with Crippen LogP contribution in [0.5, 0.6) is 0 Å². The number of rotatable bonds is 2. The Kier molecular flexibility index (Phi) is 3.15. The fraction of sp³-hybridized carbons (Fsp3) is 0.500. The number of halogens is 1. The number of aliphatic hydroxyl groups is 2. The van der Waals surface area contributed by atoms with Crippen LogP contribution in [0.4, 0.5) is 16.2 Å². The van der Waals surface area contributed by atoms with Gasteiger partial charge in [-0.15, -0.1) is 5.10 Å². The van der Waals surface area contributed by atoms with E-state index in [9.17, 15) is 15.5 Å². The summed E-state index contributed by atoms with van der Waals surface area (Å²) in [5, 5.41) is 32.8. The third-order valence-electron chi connectivity index (χ3n) is 4.03. The number of nitrogens with zero attached hydrogens (tertiary/aromatic N) is 5. The fourth-order valence-electron chi connectivity index (χ4n) is 2.76. The van der Waals surface area contributed by atoms with E-state index < -0.39 is 30.1 Å². The maximum atomic E-state index is 15.2. The van der Waals surface area contributed by atoms with Gasteiger partial charge < -0.3 is 26.4 Å². The molecule has 0 spiro atoms. The predicted octanol–water partition coefficient (Wildman–Crippen LogP) is -1.51. The maximum absolute atomic E-state index is 15.2. The zero-order valence-electron chi connectivity index (χ0n) is 12.0. The third-order valence-corrected chi connectivity index (χ3v) is 4.03. The van der Waals surface area contributed by atoms with Gasteiger partial charge in [-0.3, -0.25) is 0 Å². The van der Waals surface area contributed by atoms with Gasteiger partial charge in [-0.05, 0) is 6.92 Å². The SMILES string of the molecule is C[C@@]1(F)[C@H](O)[C@@H](CO)O[C@@]1(C#N)c1cnc2c(N)nc(N)nn12. The van der Waals surface area contributed by atoms with Crippen LogP contribution in [0.1, 0.15) is 12.6 Å². The summed E-state index contributed by atoms with van der Waals surface area (Å²) in [4.78, 5) is 7.68. The average molecular weight is 323 g/mol. The summed E-state index contributed by atoms with van der Waals surface area (Å²) in [7, 11) is 0. The van der Waals surface area contributed by atoms with Crippen LogP contribution in [0.3, 0.4) is 0 Å². The van der Waals surface area contributed by atoms with Gasteiger partial charge in [-0.1, -0.05) is 0 Å². The Morgan fingerprint density at radius 3 is 2.83 bits per heavy atom. The van der Waals surface area contributed by atoms with Crippen LogP contribution < -0.4 is 11.5 Å². The number of ether oxygens (including phenoxy) is 1. The molecule has 0 saturated carbocycles. The second-order valence-electron chi connectivity index (χ2n) is 5.39. The van der Waals surface area contributed by atoms with Crippen molar-refractivity contribution in [1.82, 2.24) is 19.6 Å². The highest BCUT2D eigenvalue weighted by Gasteiger charge is 2.67. The van der Waals surface area contributed by atoms with E-state index in [1.54, 1.807) is 6.07 Å². The smallest absolute Gasteiger partial charge is 0.240 e. The number of nitriles is 1. The van der Waals surface area contributed by atoms with Crippen LogP contribution in [-0.4, -0.2) is 54.3 Å². The summed E-state index contributed by atoms with van der Waals surface area (Å²) in [6, 6.07) is 1.72. The molecule has 0 bridgehead atoms. The molecule has 1 saturated heterocycles. The molecular weight excluding hydrogens is 309 g/mol. The van der Waals surface area contributed by atoms with Gasteiger partial charge >= 0.3 is 0 Å². The number of hydrogen-bond acceptors (Lipinski definition) is 9. The molecule has 2 aromatic rings. The van der Waals surface area contributed by atoms with Crippen molar-refractivity contribution in [3.05, 3.63) is 11.9 Å². The number of alkyl halides is 1. The summed E-state index contributed by atoms with van der Waals surface area (Å²) in [5.74, 6) is -0.269. The van der Waals surface area contributed by atoms with Crippen LogP contribution in [-0.2, 0) is 10.3 Å². The van der Waals surface area contributed by atoms with Gasteiger partial charge in [0.2, 0.25) is 11.5 Å². The second-order valence-corrected chi connectivity index (χ2v) is 5.39. The van der Waals surface area contributed by atoms with E-state index in [1.165, 1.54) is 0 Å². The lowest BCUT2D eigenvalue weighted by Crippen LogP contribution is -2.48. The van der Waals surface area contributed by atoms with Crippen LogP contribution in [0.15, 0.2) is 6.20 Å². The average Bonchev–Trinajstić information content (AvgIpc) is 2.99. The summed E-state index contributed by atoms with van der Waals surface area (Å²) in [5.41, 5.74) is 6.35. The number of imidazole rings is 1. The van der Waals surface area contributed by atoms with Crippen LogP contribution in [0.2, 0.25) is 0 Å². The Hall–Kier alpha value is -2.55. The van der Waals surface area contributed by atoms with Gasteiger partial charge in [-0.2, -0.15) is 10.2 Å². The molecule has 0 unspecified atom stereocenters. The quantitative estimate of drug-likeness (QED) is 0.513. The van der Waals surface area contributed by atoms with Crippen LogP contribution in [0, 0.1) is 11.3 Å². The molecule has 1 aliphatic heterocycles. The molecule has 3 rings (SSSR count). The van der Waals surface area contributed by atoms with Crippen molar-refractivity contribution in [3.8, 4) is 6.07 Å². The lowest BCUT2D eigenvalue weighted by atomic mass is 9.82. The van der Waals surface area contributed by atoms with Gasteiger partial charge in [0, 0.05) is 0 Å². The van der Waals surface area contributed by atoms with Crippen molar-refractivity contribution >= 4 is 17.4 Å². The number of fused-ring (bicyclic) bond motifs is 1. The van der Waals surface area contributed by atoms with E-state index >= 15 is 4.39 Å². The van der Waals surface area contributed by atoms with Crippen molar-refractivity contribution in [2.75, 3.05) is 18.1 Å². The molecular formula is C12H14FN7O3.